The van der Waals surface area contributed by atoms with E-state index in [1.54, 1.807) is 6.07 Å². The Bertz CT molecular complexity index is 547. The highest BCUT2D eigenvalue weighted by molar-refractivity contribution is 7.80. The number of hydrogen-bond donors (Lipinski definition) is 1. The molecule has 0 radical (unpaired) electrons. The normalized spacial score (nSPS) is 12.9. The molecule has 2 rings (SSSR count). The first kappa shape index (κ1) is 11.3. The Hall–Kier alpha value is -1.22. The number of rotatable bonds is 3. The van der Waals surface area contributed by atoms with Gasteiger partial charge in [0.2, 0.25) is 0 Å². The minimum absolute atomic E-state index is 0.0883. The van der Waals surface area contributed by atoms with E-state index in [1.807, 2.05) is 30.5 Å². The van der Waals surface area contributed by atoms with E-state index in [0.717, 1.165) is 23.2 Å². The first-order valence-electron chi connectivity index (χ1n) is 5.41. The summed E-state index contributed by atoms with van der Waals surface area (Å²) in [5.74, 6) is 1.34. The summed E-state index contributed by atoms with van der Waals surface area (Å²) in [6, 6.07) is 9.36. The van der Waals surface area contributed by atoms with Crippen LogP contribution >= 0.6 is 12.6 Å². The van der Waals surface area contributed by atoms with Gasteiger partial charge in [0.25, 0.3) is 0 Å². The van der Waals surface area contributed by atoms with Crippen LogP contribution in [0.5, 0.6) is 0 Å². The third-order valence-electron chi connectivity index (χ3n) is 2.70. The maximum atomic E-state index is 11.7. The van der Waals surface area contributed by atoms with Gasteiger partial charge in [-0.25, -0.2) is 0 Å². The fourth-order valence-electron chi connectivity index (χ4n) is 1.81. The molecular weight excluding hydrogens is 218 g/mol. The van der Waals surface area contributed by atoms with Crippen molar-refractivity contribution in [1.29, 1.82) is 0 Å². The lowest BCUT2D eigenvalue weighted by atomic mass is 10.1. The van der Waals surface area contributed by atoms with Crippen LogP contribution in [0.4, 0.5) is 0 Å². The van der Waals surface area contributed by atoms with Crippen molar-refractivity contribution in [2.75, 3.05) is 5.75 Å². The quantitative estimate of drug-likeness (QED) is 0.809. The van der Waals surface area contributed by atoms with Gasteiger partial charge in [-0.3, -0.25) is 4.79 Å². The second-order valence-corrected chi connectivity index (χ2v) is 4.50. The molecule has 0 aliphatic heterocycles. The molecule has 0 aliphatic rings. The molecule has 0 amide bonds. The molecule has 0 saturated heterocycles. The summed E-state index contributed by atoms with van der Waals surface area (Å²) in [6.07, 6.45) is 1.87. The number of para-hydroxylation sites is 1. The van der Waals surface area contributed by atoms with Crippen molar-refractivity contribution >= 4 is 23.5 Å². The van der Waals surface area contributed by atoms with E-state index >= 15 is 0 Å². The highest BCUT2D eigenvalue weighted by atomic mass is 32.1. The summed E-state index contributed by atoms with van der Waals surface area (Å²) in [6.45, 7) is 3.05. The molecule has 1 aromatic carbocycles. The van der Waals surface area contributed by atoms with Crippen LogP contribution in [-0.2, 0) is 6.54 Å². The van der Waals surface area contributed by atoms with Crippen LogP contribution in [0, 0.1) is 5.92 Å². The van der Waals surface area contributed by atoms with Gasteiger partial charge >= 0.3 is 0 Å². The molecule has 0 bridgehead atoms. The Labute approximate surface area is 100 Å². The van der Waals surface area contributed by atoms with Crippen molar-refractivity contribution in [2.45, 2.75) is 13.5 Å². The van der Waals surface area contributed by atoms with Crippen molar-refractivity contribution in [3.63, 3.8) is 0 Å². The Morgan fingerprint density at radius 1 is 1.31 bits per heavy atom. The first-order chi connectivity index (χ1) is 7.72. The highest BCUT2D eigenvalue weighted by Gasteiger charge is 2.04. The maximum Gasteiger partial charge on any atom is 0.189 e. The molecule has 0 fully saturated rings. The van der Waals surface area contributed by atoms with E-state index < -0.39 is 0 Å². The second kappa shape index (κ2) is 4.74. The minimum atomic E-state index is 0.0883. The number of nitrogens with zero attached hydrogens (tertiary/aromatic N) is 1. The van der Waals surface area contributed by atoms with Gasteiger partial charge in [0.05, 0.1) is 5.52 Å². The molecule has 0 spiro atoms. The van der Waals surface area contributed by atoms with E-state index in [0.29, 0.717) is 5.92 Å². The van der Waals surface area contributed by atoms with Crippen molar-refractivity contribution in [2.24, 2.45) is 5.92 Å². The Morgan fingerprint density at radius 2 is 2.06 bits per heavy atom. The average molecular weight is 233 g/mol. The monoisotopic (exact) mass is 233 g/mol. The van der Waals surface area contributed by atoms with Crippen LogP contribution in [-0.4, -0.2) is 10.3 Å². The molecule has 1 aromatic heterocycles. The molecular formula is C13H15NOS. The molecule has 0 aliphatic carbocycles. The highest BCUT2D eigenvalue weighted by Crippen LogP contribution is 2.12. The Morgan fingerprint density at radius 3 is 2.81 bits per heavy atom. The lowest BCUT2D eigenvalue weighted by molar-refractivity contribution is 0.542. The van der Waals surface area contributed by atoms with Crippen LogP contribution in [0.2, 0.25) is 0 Å². The van der Waals surface area contributed by atoms with Crippen LogP contribution < -0.4 is 5.43 Å². The van der Waals surface area contributed by atoms with Crippen LogP contribution in [0.1, 0.15) is 6.92 Å². The number of benzene rings is 1. The third kappa shape index (κ3) is 2.14. The molecule has 2 nitrogen and oxygen atoms in total. The zero-order valence-electron chi connectivity index (χ0n) is 9.26. The summed E-state index contributed by atoms with van der Waals surface area (Å²) >= 11 is 4.29. The molecule has 0 saturated carbocycles. The lowest BCUT2D eigenvalue weighted by Crippen LogP contribution is -2.13. The van der Waals surface area contributed by atoms with Crippen LogP contribution in [0.3, 0.4) is 0 Å². The topological polar surface area (TPSA) is 22.0 Å². The molecule has 16 heavy (non-hydrogen) atoms. The summed E-state index contributed by atoms with van der Waals surface area (Å²) in [5, 5.41) is 0.788. The molecule has 1 atom stereocenters. The SMILES string of the molecule is CC(CS)Cn1ccc(=O)c2ccccc21. The molecule has 1 unspecified atom stereocenters. The van der Waals surface area contributed by atoms with E-state index in [9.17, 15) is 4.79 Å². The average Bonchev–Trinajstić information content (AvgIpc) is 2.33. The third-order valence-corrected chi connectivity index (χ3v) is 3.33. The van der Waals surface area contributed by atoms with Gasteiger partial charge in [-0.15, -0.1) is 0 Å². The second-order valence-electron chi connectivity index (χ2n) is 4.14. The molecule has 84 valence electrons. The summed E-state index contributed by atoms with van der Waals surface area (Å²) in [4.78, 5) is 11.7. The molecule has 3 heteroatoms. The Balaban J connectivity index is 2.54. The number of pyridine rings is 1. The van der Waals surface area contributed by atoms with Gasteiger partial charge in [0.1, 0.15) is 0 Å². The van der Waals surface area contributed by atoms with Gasteiger partial charge in [-0.1, -0.05) is 19.1 Å². The zero-order valence-corrected chi connectivity index (χ0v) is 10.2. The minimum Gasteiger partial charge on any atom is -0.347 e. The number of hydrogen-bond acceptors (Lipinski definition) is 2. The number of thiol groups is 1. The number of aromatic nitrogens is 1. The van der Waals surface area contributed by atoms with Gasteiger partial charge < -0.3 is 4.57 Å². The molecule has 0 N–H and O–H groups in total. The van der Waals surface area contributed by atoms with Crippen LogP contribution in [0.25, 0.3) is 10.9 Å². The van der Waals surface area contributed by atoms with Crippen molar-refractivity contribution < 1.29 is 0 Å². The number of fused-ring (bicyclic) bond motifs is 1. The van der Waals surface area contributed by atoms with Gasteiger partial charge in [0, 0.05) is 24.2 Å². The molecule has 1 heterocycles. The summed E-state index contributed by atoms with van der Waals surface area (Å²) in [5.41, 5.74) is 1.09. The predicted octanol–water partition coefficient (Wildman–Crippen LogP) is 2.57. The lowest BCUT2D eigenvalue weighted by Gasteiger charge is -2.14. The fraction of sp³-hybridized carbons (Fsp3) is 0.308. The van der Waals surface area contributed by atoms with E-state index in [2.05, 4.69) is 24.1 Å². The van der Waals surface area contributed by atoms with Gasteiger partial charge in [0.15, 0.2) is 5.43 Å². The van der Waals surface area contributed by atoms with E-state index in [1.165, 1.54) is 0 Å². The summed E-state index contributed by atoms with van der Waals surface area (Å²) < 4.78 is 2.12. The van der Waals surface area contributed by atoms with Crippen molar-refractivity contribution in [3.8, 4) is 0 Å². The van der Waals surface area contributed by atoms with E-state index in [4.69, 9.17) is 0 Å². The summed E-state index contributed by atoms with van der Waals surface area (Å²) in [7, 11) is 0. The standard InChI is InChI=1S/C13H15NOS/c1-10(9-16)8-14-7-6-13(15)11-4-2-3-5-12(11)14/h2-7,10,16H,8-9H2,1H3. The van der Waals surface area contributed by atoms with Crippen molar-refractivity contribution in [3.05, 3.63) is 46.8 Å². The van der Waals surface area contributed by atoms with Crippen molar-refractivity contribution in [1.82, 2.24) is 4.57 Å². The fourth-order valence-corrected chi connectivity index (χ4v) is 1.93. The smallest absolute Gasteiger partial charge is 0.189 e. The van der Waals surface area contributed by atoms with Gasteiger partial charge in [-0.05, 0) is 23.8 Å². The van der Waals surface area contributed by atoms with Crippen LogP contribution in [0.15, 0.2) is 41.3 Å². The zero-order chi connectivity index (χ0) is 11.5. The van der Waals surface area contributed by atoms with Gasteiger partial charge in [-0.2, -0.15) is 12.6 Å². The van der Waals surface area contributed by atoms with E-state index in [-0.39, 0.29) is 5.43 Å². The molecule has 2 aromatic rings. The Kier molecular flexibility index (Phi) is 3.34. The maximum absolute atomic E-state index is 11.7. The largest absolute Gasteiger partial charge is 0.347 e. The predicted molar refractivity (Wildman–Crippen MR) is 71.2 cm³/mol. The first-order valence-corrected chi connectivity index (χ1v) is 6.04.